The first-order valence-corrected chi connectivity index (χ1v) is 7.86. The topological polar surface area (TPSA) is 41.1 Å². The Kier molecular flexibility index (Phi) is 6.06. The van der Waals surface area contributed by atoms with Crippen LogP contribution in [0.25, 0.3) is 0 Å². The van der Waals surface area contributed by atoms with Gasteiger partial charge in [-0.05, 0) is 43.4 Å². The van der Waals surface area contributed by atoms with Crippen LogP contribution in [0.2, 0.25) is 0 Å². The molecule has 0 aliphatic carbocycles. The zero-order valence-electron chi connectivity index (χ0n) is 12.5. The first kappa shape index (κ1) is 15.0. The molecule has 110 valence electrons. The summed E-state index contributed by atoms with van der Waals surface area (Å²) in [5.41, 5.74) is 2.47. The van der Waals surface area contributed by atoms with Crippen molar-refractivity contribution in [3.63, 3.8) is 0 Å². The lowest BCUT2D eigenvalue weighted by molar-refractivity contribution is -0.120. The molecular formula is C17H26N2O. The molecule has 1 aromatic rings. The van der Waals surface area contributed by atoms with Crippen molar-refractivity contribution in [1.82, 2.24) is 10.6 Å². The lowest BCUT2D eigenvalue weighted by Gasteiger charge is -2.11. The van der Waals surface area contributed by atoms with Gasteiger partial charge in [0.05, 0.1) is 6.42 Å². The van der Waals surface area contributed by atoms with Crippen LogP contribution >= 0.6 is 0 Å². The van der Waals surface area contributed by atoms with Crippen molar-refractivity contribution >= 4 is 5.91 Å². The van der Waals surface area contributed by atoms with Gasteiger partial charge in [-0.15, -0.1) is 0 Å². The third-order valence-electron chi connectivity index (χ3n) is 3.91. The van der Waals surface area contributed by atoms with Crippen LogP contribution in [-0.2, 0) is 17.6 Å². The van der Waals surface area contributed by atoms with Gasteiger partial charge in [-0.2, -0.15) is 0 Å². The zero-order chi connectivity index (χ0) is 14.2. The van der Waals surface area contributed by atoms with E-state index in [9.17, 15) is 4.79 Å². The lowest BCUT2D eigenvalue weighted by Crippen LogP contribution is -2.37. The number of rotatable bonds is 7. The van der Waals surface area contributed by atoms with Crippen LogP contribution in [-0.4, -0.2) is 25.0 Å². The predicted octanol–water partition coefficient (Wildman–Crippen LogP) is 2.44. The van der Waals surface area contributed by atoms with Crippen LogP contribution in [0.3, 0.4) is 0 Å². The summed E-state index contributed by atoms with van der Waals surface area (Å²) < 4.78 is 0. The molecular weight excluding hydrogens is 248 g/mol. The summed E-state index contributed by atoms with van der Waals surface area (Å²) in [5, 5.41) is 6.41. The second-order valence-electron chi connectivity index (χ2n) is 5.69. The minimum Gasteiger partial charge on any atom is -0.354 e. The average molecular weight is 274 g/mol. The smallest absolute Gasteiger partial charge is 0.224 e. The Morgan fingerprint density at radius 1 is 1.30 bits per heavy atom. The van der Waals surface area contributed by atoms with Crippen LogP contribution in [0.15, 0.2) is 24.3 Å². The summed E-state index contributed by atoms with van der Waals surface area (Å²) in [4.78, 5) is 11.9. The highest BCUT2D eigenvalue weighted by Crippen LogP contribution is 2.09. The second kappa shape index (κ2) is 8.05. The molecule has 0 bridgehead atoms. The number of hydrogen-bond donors (Lipinski definition) is 2. The fourth-order valence-corrected chi connectivity index (χ4v) is 2.62. The highest BCUT2D eigenvalue weighted by Gasteiger charge is 2.14. The van der Waals surface area contributed by atoms with Crippen molar-refractivity contribution in [2.45, 2.75) is 51.5 Å². The van der Waals surface area contributed by atoms with Gasteiger partial charge in [0.25, 0.3) is 0 Å². The van der Waals surface area contributed by atoms with E-state index in [1.54, 1.807) is 0 Å². The minimum absolute atomic E-state index is 0.125. The van der Waals surface area contributed by atoms with Crippen LogP contribution in [0.1, 0.15) is 43.7 Å². The molecule has 1 unspecified atom stereocenters. The first-order valence-electron chi connectivity index (χ1n) is 7.86. The van der Waals surface area contributed by atoms with E-state index in [-0.39, 0.29) is 5.91 Å². The third-order valence-corrected chi connectivity index (χ3v) is 3.91. The Bertz CT molecular complexity index is 408. The van der Waals surface area contributed by atoms with E-state index >= 15 is 0 Å². The van der Waals surface area contributed by atoms with E-state index in [0.717, 1.165) is 25.1 Å². The van der Waals surface area contributed by atoms with E-state index < -0.39 is 0 Å². The average Bonchev–Trinajstić information content (AvgIpc) is 2.98. The number of carbonyl (C=O) groups is 1. The van der Waals surface area contributed by atoms with E-state index in [0.29, 0.717) is 12.5 Å². The summed E-state index contributed by atoms with van der Waals surface area (Å²) in [6, 6.07) is 8.93. The highest BCUT2D eigenvalue weighted by atomic mass is 16.1. The monoisotopic (exact) mass is 274 g/mol. The largest absolute Gasteiger partial charge is 0.354 e. The van der Waals surface area contributed by atoms with Crippen LogP contribution in [0, 0.1) is 0 Å². The van der Waals surface area contributed by atoms with Gasteiger partial charge < -0.3 is 10.6 Å². The van der Waals surface area contributed by atoms with Crippen LogP contribution in [0.4, 0.5) is 0 Å². The SMILES string of the molecule is CCCCc1ccc(CC(=O)NCC2CCCN2)cc1. The van der Waals surface area contributed by atoms with Crippen LogP contribution < -0.4 is 10.6 Å². The van der Waals surface area contributed by atoms with Gasteiger partial charge >= 0.3 is 0 Å². The van der Waals surface area contributed by atoms with E-state index in [4.69, 9.17) is 0 Å². The number of unbranched alkanes of at least 4 members (excludes halogenated alkanes) is 1. The molecule has 2 rings (SSSR count). The zero-order valence-corrected chi connectivity index (χ0v) is 12.5. The fraction of sp³-hybridized carbons (Fsp3) is 0.588. The minimum atomic E-state index is 0.125. The molecule has 1 aliphatic rings. The van der Waals surface area contributed by atoms with Crippen molar-refractivity contribution in [2.75, 3.05) is 13.1 Å². The molecule has 1 heterocycles. The Morgan fingerprint density at radius 2 is 2.05 bits per heavy atom. The maximum Gasteiger partial charge on any atom is 0.224 e. The summed E-state index contributed by atoms with van der Waals surface area (Å²) >= 11 is 0. The van der Waals surface area contributed by atoms with E-state index in [1.165, 1.54) is 31.2 Å². The molecule has 0 saturated carbocycles. The normalized spacial score (nSPS) is 18.1. The van der Waals surface area contributed by atoms with Gasteiger partial charge in [-0.1, -0.05) is 37.6 Å². The molecule has 1 atom stereocenters. The van der Waals surface area contributed by atoms with Gasteiger partial charge in [0.2, 0.25) is 5.91 Å². The Morgan fingerprint density at radius 3 is 2.70 bits per heavy atom. The fourth-order valence-electron chi connectivity index (χ4n) is 2.62. The van der Waals surface area contributed by atoms with Crippen molar-refractivity contribution in [3.05, 3.63) is 35.4 Å². The number of benzene rings is 1. The number of amides is 1. The number of hydrogen-bond acceptors (Lipinski definition) is 2. The maximum absolute atomic E-state index is 11.9. The second-order valence-corrected chi connectivity index (χ2v) is 5.69. The van der Waals surface area contributed by atoms with Crippen molar-refractivity contribution in [1.29, 1.82) is 0 Å². The highest BCUT2D eigenvalue weighted by molar-refractivity contribution is 5.78. The molecule has 0 spiro atoms. The standard InChI is InChI=1S/C17H26N2O/c1-2-3-5-14-7-9-15(10-8-14)12-17(20)19-13-16-6-4-11-18-16/h7-10,16,18H,2-6,11-13H2,1H3,(H,19,20). The van der Waals surface area contributed by atoms with Gasteiger partial charge in [-0.3, -0.25) is 4.79 Å². The number of nitrogens with one attached hydrogen (secondary N) is 2. The molecule has 3 nitrogen and oxygen atoms in total. The molecule has 3 heteroatoms. The molecule has 1 aliphatic heterocycles. The Hall–Kier alpha value is -1.35. The van der Waals surface area contributed by atoms with Gasteiger partial charge in [-0.25, -0.2) is 0 Å². The molecule has 1 saturated heterocycles. The van der Waals surface area contributed by atoms with E-state index in [1.807, 2.05) is 0 Å². The van der Waals surface area contributed by atoms with Gasteiger partial charge in [0, 0.05) is 12.6 Å². The lowest BCUT2D eigenvalue weighted by atomic mass is 10.0. The Balaban J connectivity index is 1.72. The van der Waals surface area contributed by atoms with Crippen LogP contribution in [0.5, 0.6) is 0 Å². The molecule has 2 N–H and O–H groups in total. The molecule has 1 amide bonds. The Labute approximate surface area is 122 Å². The molecule has 1 fully saturated rings. The first-order chi connectivity index (χ1) is 9.78. The summed E-state index contributed by atoms with van der Waals surface area (Å²) in [6.45, 7) is 4.05. The van der Waals surface area contributed by atoms with Crippen molar-refractivity contribution in [3.8, 4) is 0 Å². The summed E-state index contributed by atoms with van der Waals surface area (Å²) in [7, 11) is 0. The number of carbonyl (C=O) groups excluding carboxylic acids is 1. The predicted molar refractivity (Wildman–Crippen MR) is 82.8 cm³/mol. The van der Waals surface area contributed by atoms with Gasteiger partial charge in [0.1, 0.15) is 0 Å². The quantitative estimate of drug-likeness (QED) is 0.802. The molecule has 0 radical (unpaired) electrons. The molecule has 0 aromatic heterocycles. The molecule has 20 heavy (non-hydrogen) atoms. The summed E-state index contributed by atoms with van der Waals surface area (Å²) in [5.74, 6) is 0.125. The third kappa shape index (κ3) is 4.97. The van der Waals surface area contributed by atoms with E-state index in [2.05, 4.69) is 41.8 Å². The van der Waals surface area contributed by atoms with Crippen molar-refractivity contribution in [2.24, 2.45) is 0 Å². The summed E-state index contributed by atoms with van der Waals surface area (Å²) in [6.07, 6.45) is 6.47. The van der Waals surface area contributed by atoms with Crippen molar-refractivity contribution < 1.29 is 4.79 Å². The van der Waals surface area contributed by atoms with Gasteiger partial charge in [0.15, 0.2) is 0 Å². The molecule has 1 aromatic carbocycles. The maximum atomic E-state index is 11.9. The number of aryl methyl sites for hydroxylation is 1.